The SMILES string of the molecule is C=C/C(=C\C=C(/C)c1cccc2ccccc12)c1ncc(C)cn1. The quantitative estimate of drug-likeness (QED) is 0.585. The molecule has 0 aliphatic rings. The normalized spacial score (nSPS) is 12.4. The zero-order valence-corrected chi connectivity index (χ0v) is 14.0. The molecule has 0 bridgehead atoms. The van der Waals surface area contributed by atoms with Crippen LogP contribution >= 0.6 is 0 Å². The number of nitrogens with zero attached hydrogens (tertiary/aromatic N) is 2. The molecule has 2 aromatic carbocycles. The Hall–Kier alpha value is -3.00. The van der Waals surface area contributed by atoms with Crippen LogP contribution in [-0.4, -0.2) is 9.97 Å². The van der Waals surface area contributed by atoms with Crippen molar-refractivity contribution in [3.63, 3.8) is 0 Å². The van der Waals surface area contributed by atoms with Gasteiger partial charge in [0, 0.05) is 18.0 Å². The molecule has 0 fully saturated rings. The molecule has 0 N–H and O–H groups in total. The topological polar surface area (TPSA) is 25.8 Å². The summed E-state index contributed by atoms with van der Waals surface area (Å²) in [5, 5.41) is 2.51. The fourth-order valence-electron chi connectivity index (χ4n) is 2.65. The Morgan fingerprint density at radius 2 is 1.67 bits per heavy atom. The molecule has 1 aromatic heterocycles. The fraction of sp³-hybridized carbons (Fsp3) is 0.0909. The highest BCUT2D eigenvalue weighted by molar-refractivity contribution is 5.94. The van der Waals surface area contributed by atoms with Crippen LogP contribution < -0.4 is 0 Å². The lowest BCUT2D eigenvalue weighted by Crippen LogP contribution is -1.92. The molecule has 0 atom stereocenters. The van der Waals surface area contributed by atoms with Crippen molar-refractivity contribution in [2.75, 3.05) is 0 Å². The molecule has 0 spiro atoms. The van der Waals surface area contributed by atoms with E-state index in [9.17, 15) is 0 Å². The van der Waals surface area contributed by atoms with Crippen LogP contribution in [0.15, 0.2) is 79.7 Å². The van der Waals surface area contributed by atoms with Gasteiger partial charge in [0.2, 0.25) is 0 Å². The molecule has 0 amide bonds. The van der Waals surface area contributed by atoms with Crippen molar-refractivity contribution in [2.24, 2.45) is 0 Å². The summed E-state index contributed by atoms with van der Waals surface area (Å²) in [6, 6.07) is 14.8. The number of rotatable bonds is 4. The molecule has 0 saturated carbocycles. The summed E-state index contributed by atoms with van der Waals surface area (Å²) in [6.07, 6.45) is 9.55. The lowest BCUT2D eigenvalue weighted by molar-refractivity contribution is 1.09. The van der Waals surface area contributed by atoms with E-state index in [0.29, 0.717) is 5.82 Å². The summed E-state index contributed by atoms with van der Waals surface area (Å²) in [6.45, 7) is 7.98. The molecule has 3 rings (SSSR count). The molecule has 0 saturated heterocycles. The molecular weight excluding hydrogens is 292 g/mol. The van der Waals surface area contributed by atoms with Crippen LogP contribution in [0.1, 0.15) is 23.9 Å². The van der Waals surface area contributed by atoms with E-state index in [1.165, 1.54) is 21.9 Å². The second-order valence-corrected chi connectivity index (χ2v) is 5.79. The third-order valence-corrected chi connectivity index (χ3v) is 3.99. The van der Waals surface area contributed by atoms with Gasteiger partial charge in [0.1, 0.15) is 0 Å². The van der Waals surface area contributed by atoms with E-state index in [-0.39, 0.29) is 0 Å². The first-order valence-electron chi connectivity index (χ1n) is 7.97. The first kappa shape index (κ1) is 15.9. The van der Waals surface area contributed by atoms with Gasteiger partial charge in [-0.05, 0) is 41.3 Å². The maximum Gasteiger partial charge on any atom is 0.159 e. The highest BCUT2D eigenvalue weighted by Crippen LogP contribution is 2.25. The standard InChI is InChI=1S/C22H20N2/c1-4-18(22-23-14-16(2)15-24-22)13-12-17(3)20-11-7-9-19-8-5-6-10-21(19)20/h4-15H,1H2,2-3H3/b17-12+,18-13+. The third kappa shape index (κ3) is 3.33. The Labute approximate surface area is 142 Å². The van der Waals surface area contributed by atoms with Crippen molar-refractivity contribution in [2.45, 2.75) is 13.8 Å². The highest BCUT2D eigenvalue weighted by Gasteiger charge is 2.03. The predicted octanol–water partition coefficient (Wildman–Crippen LogP) is 5.61. The summed E-state index contributed by atoms with van der Waals surface area (Å²) in [5.41, 5.74) is 4.38. The van der Waals surface area contributed by atoms with Crippen LogP contribution in [0.2, 0.25) is 0 Å². The molecule has 24 heavy (non-hydrogen) atoms. The first-order chi connectivity index (χ1) is 11.7. The minimum Gasteiger partial charge on any atom is -0.236 e. The average Bonchev–Trinajstić information content (AvgIpc) is 2.63. The lowest BCUT2D eigenvalue weighted by atomic mass is 9.98. The summed E-state index contributed by atoms with van der Waals surface area (Å²) in [7, 11) is 0. The number of allylic oxidation sites excluding steroid dienone is 5. The van der Waals surface area contributed by atoms with Crippen molar-refractivity contribution in [3.8, 4) is 0 Å². The number of hydrogen-bond acceptors (Lipinski definition) is 2. The smallest absolute Gasteiger partial charge is 0.159 e. The van der Waals surface area contributed by atoms with Gasteiger partial charge in [-0.25, -0.2) is 9.97 Å². The van der Waals surface area contributed by atoms with Gasteiger partial charge < -0.3 is 0 Å². The van der Waals surface area contributed by atoms with Gasteiger partial charge in [0.25, 0.3) is 0 Å². The van der Waals surface area contributed by atoms with E-state index in [2.05, 4.69) is 72.0 Å². The van der Waals surface area contributed by atoms with E-state index in [4.69, 9.17) is 0 Å². The summed E-state index contributed by atoms with van der Waals surface area (Å²) in [5.74, 6) is 0.692. The maximum atomic E-state index is 4.37. The number of aryl methyl sites for hydroxylation is 1. The average molecular weight is 312 g/mol. The molecule has 2 heteroatoms. The Morgan fingerprint density at radius 3 is 2.42 bits per heavy atom. The van der Waals surface area contributed by atoms with Crippen molar-refractivity contribution in [3.05, 3.63) is 96.6 Å². The van der Waals surface area contributed by atoms with Gasteiger partial charge >= 0.3 is 0 Å². The van der Waals surface area contributed by atoms with Crippen LogP contribution in [0, 0.1) is 6.92 Å². The van der Waals surface area contributed by atoms with E-state index in [1.807, 2.05) is 25.4 Å². The number of fused-ring (bicyclic) bond motifs is 1. The van der Waals surface area contributed by atoms with Gasteiger partial charge in [-0.3, -0.25) is 0 Å². The molecule has 0 radical (unpaired) electrons. The minimum atomic E-state index is 0.692. The van der Waals surface area contributed by atoms with Gasteiger partial charge in [0.15, 0.2) is 5.82 Å². The van der Waals surface area contributed by atoms with Crippen LogP contribution in [0.3, 0.4) is 0 Å². The van der Waals surface area contributed by atoms with Gasteiger partial charge in [-0.15, -0.1) is 0 Å². The minimum absolute atomic E-state index is 0.692. The molecule has 118 valence electrons. The highest BCUT2D eigenvalue weighted by atomic mass is 14.9. The molecule has 1 heterocycles. The monoisotopic (exact) mass is 312 g/mol. The van der Waals surface area contributed by atoms with E-state index in [0.717, 1.165) is 11.1 Å². The Morgan fingerprint density at radius 1 is 0.958 bits per heavy atom. The zero-order valence-electron chi connectivity index (χ0n) is 14.0. The largest absolute Gasteiger partial charge is 0.236 e. The zero-order chi connectivity index (χ0) is 16.9. The number of benzene rings is 2. The molecule has 3 aromatic rings. The van der Waals surface area contributed by atoms with Crippen LogP contribution in [0.4, 0.5) is 0 Å². The molecule has 0 aliphatic heterocycles. The van der Waals surface area contributed by atoms with E-state index < -0.39 is 0 Å². The van der Waals surface area contributed by atoms with Crippen molar-refractivity contribution < 1.29 is 0 Å². The van der Waals surface area contributed by atoms with Gasteiger partial charge in [-0.1, -0.05) is 67.3 Å². The van der Waals surface area contributed by atoms with Crippen LogP contribution in [0.25, 0.3) is 21.9 Å². The molecule has 0 unspecified atom stereocenters. The van der Waals surface area contributed by atoms with Crippen LogP contribution in [0.5, 0.6) is 0 Å². The second-order valence-electron chi connectivity index (χ2n) is 5.79. The summed E-state index contributed by atoms with van der Waals surface area (Å²) < 4.78 is 0. The first-order valence-corrected chi connectivity index (χ1v) is 7.97. The summed E-state index contributed by atoms with van der Waals surface area (Å²) >= 11 is 0. The Bertz CT molecular complexity index is 926. The second kappa shape index (κ2) is 7.05. The molecule has 0 aliphatic carbocycles. The predicted molar refractivity (Wildman–Crippen MR) is 103 cm³/mol. The Balaban J connectivity index is 1.99. The van der Waals surface area contributed by atoms with Gasteiger partial charge in [0.05, 0.1) is 0 Å². The Kier molecular flexibility index (Phi) is 4.66. The molecule has 2 nitrogen and oxygen atoms in total. The van der Waals surface area contributed by atoms with Crippen molar-refractivity contribution in [1.82, 2.24) is 9.97 Å². The number of aromatic nitrogens is 2. The fourth-order valence-corrected chi connectivity index (χ4v) is 2.65. The van der Waals surface area contributed by atoms with Crippen molar-refractivity contribution in [1.29, 1.82) is 0 Å². The van der Waals surface area contributed by atoms with Gasteiger partial charge in [-0.2, -0.15) is 0 Å². The van der Waals surface area contributed by atoms with Crippen molar-refractivity contribution >= 4 is 21.9 Å². The number of hydrogen-bond donors (Lipinski definition) is 0. The lowest BCUT2D eigenvalue weighted by Gasteiger charge is -2.06. The maximum absolute atomic E-state index is 4.37. The van der Waals surface area contributed by atoms with E-state index >= 15 is 0 Å². The summed E-state index contributed by atoms with van der Waals surface area (Å²) in [4.78, 5) is 8.74. The molecular formula is C22H20N2. The van der Waals surface area contributed by atoms with Crippen LogP contribution in [-0.2, 0) is 0 Å². The van der Waals surface area contributed by atoms with E-state index in [1.54, 1.807) is 6.08 Å². The third-order valence-electron chi connectivity index (χ3n) is 3.99.